The molecule has 0 atom stereocenters. The van der Waals surface area contributed by atoms with Gasteiger partial charge in [-0.1, -0.05) is 24.3 Å². The maximum Gasteiger partial charge on any atom is 0.234 e. The molecule has 0 bridgehead atoms. The van der Waals surface area contributed by atoms with Gasteiger partial charge in [0.05, 0.1) is 11.5 Å². The van der Waals surface area contributed by atoms with Gasteiger partial charge in [-0.3, -0.25) is 0 Å². The Hall–Kier alpha value is -3.06. The summed E-state index contributed by atoms with van der Waals surface area (Å²) in [4.78, 5) is 4.42. The maximum absolute atomic E-state index is 13.0. The molecular formula is C20H20N2O4S. The predicted molar refractivity (Wildman–Crippen MR) is 104 cm³/mol. The summed E-state index contributed by atoms with van der Waals surface area (Å²) >= 11 is 0. The molecule has 0 fully saturated rings. The summed E-state index contributed by atoms with van der Waals surface area (Å²) < 4.78 is 37.1. The number of benzene rings is 2. The smallest absolute Gasteiger partial charge is 0.234 e. The molecule has 1 aromatic heterocycles. The van der Waals surface area contributed by atoms with Crippen molar-refractivity contribution in [3.8, 4) is 17.2 Å². The normalized spacial score (nSPS) is 11.1. The van der Waals surface area contributed by atoms with E-state index in [1.807, 2.05) is 6.92 Å². The first-order valence-electron chi connectivity index (χ1n) is 8.45. The minimum Gasteiger partial charge on any atom is -0.494 e. The van der Waals surface area contributed by atoms with Crippen molar-refractivity contribution >= 4 is 15.7 Å². The highest BCUT2D eigenvalue weighted by Crippen LogP contribution is 2.32. The first kappa shape index (κ1) is 18.7. The molecule has 6 nitrogen and oxygen atoms in total. The van der Waals surface area contributed by atoms with E-state index in [9.17, 15) is 8.42 Å². The molecule has 0 aliphatic heterocycles. The fourth-order valence-electron chi connectivity index (χ4n) is 2.46. The lowest BCUT2D eigenvalue weighted by Crippen LogP contribution is -2.07. The summed E-state index contributed by atoms with van der Waals surface area (Å²) in [6.07, 6.45) is 1.61. The van der Waals surface area contributed by atoms with Gasteiger partial charge in [0.15, 0.2) is 0 Å². The first-order chi connectivity index (χ1) is 13.1. The van der Waals surface area contributed by atoms with Crippen LogP contribution in [0.3, 0.4) is 0 Å². The van der Waals surface area contributed by atoms with Crippen molar-refractivity contribution in [3.63, 3.8) is 0 Å². The molecule has 0 saturated carbocycles. The third kappa shape index (κ3) is 4.03. The Morgan fingerprint density at radius 1 is 1.15 bits per heavy atom. The van der Waals surface area contributed by atoms with E-state index in [1.54, 1.807) is 48.5 Å². The number of anilines is 1. The lowest BCUT2D eigenvalue weighted by molar-refractivity contribution is 0.340. The van der Waals surface area contributed by atoms with Gasteiger partial charge in [-0.25, -0.2) is 8.42 Å². The van der Waals surface area contributed by atoms with Crippen LogP contribution in [-0.4, -0.2) is 26.6 Å². The standard InChI is InChI=1S/C20H20N2O4S/c1-3-14-21-19-20(27(23,24)17-8-6-5-7-9-17)22-18(26-19)15-10-12-16(13-11-15)25-4-2/h3,5-13,21H,1,4,14H2,2H3. The Morgan fingerprint density at radius 3 is 2.48 bits per heavy atom. The molecule has 140 valence electrons. The molecule has 1 heterocycles. The van der Waals surface area contributed by atoms with Crippen LogP contribution < -0.4 is 10.1 Å². The van der Waals surface area contributed by atoms with Crippen LogP contribution in [-0.2, 0) is 9.84 Å². The molecular weight excluding hydrogens is 364 g/mol. The number of ether oxygens (including phenoxy) is 1. The van der Waals surface area contributed by atoms with Crippen molar-refractivity contribution in [3.05, 3.63) is 67.3 Å². The molecule has 0 aliphatic carbocycles. The van der Waals surface area contributed by atoms with E-state index in [4.69, 9.17) is 9.15 Å². The minimum absolute atomic E-state index is 0.0858. The van der Waals surface area contributed by atoms with Gasteiger partial charge in [-0.2, -0.15) is 4.98 Å². The highest BCUT2D eigenvalue weighted by Gasteiger charge is 2.28. The van der Waals surface area contributed by atoms with E-state index in [1.165, 1.54) is 12.1 Å². The molecule has 0 unspecified atom stereocenters. The molecule has 0 saturated heterocycles. The summed E-state index contributed by atoms with van der Waals surface area (Å²) in [5.41, 5.74) is 0.648. The van der Waals surface area contributed by atoms with E-state index in [-0.39, 0.29) is 21.7 Å². The van der Waals surface area contributed by atoms with Crippen LogP contribution in [0.4, 0.5) is 5.88 Å². The number of aromatic nitrogens is 1. The van der Waals surface area contributed by atoms with Gasteiger partial charge in [-0.05, 0) is 43.3 Å². The second kappa shape index (κ2) is 8.09. The monoisotopic (exact) mass is 384 g/mol. The summed E-state index contributed by atoms with van der Waals surface area (Å²) in [7, 11) is -3.83. The Bertz CT molecular complexity index is 1010. The zero-order valence-electron chi connectivity index (χ0n) is 14.9. The Balaban J connectivity index is 2.04. The van der Waals surface area contributed by atoms with E-state index in [2.05, 4.69) is 16.9 Å². The topological polar surface area (TPSA) is 81.4 Å². The molecule has 2 aromatic carbocycles. The second-order valence-corrected chi connectivity index (χ2v) is 7.46. The van der Waals surface area contributed by atoms with Crippen molar-refractivity contribution in [1.82, 2.24) is 4.98 Å². The Morgan fingerprint density at radius 2 is 1.85 bits per heavy atom. The molecule has 7 heteroatoms. The quantitative estimate of drug-likeness (QED) is 0.587. The van der Waals surface area contributed by atoms with Gasteiger partial charge in [0, 0.05) is 12.1 Å². The summed E-state index contributed by atoms with van der Waals surface area (Å²) in [5.74, 6) is 1.01. The van der Waals surface area contributed by atoms with Crippen LogP contribution in [0.1, 0.15) is 6.92 Å². The molecule has 3 aromatic rings. The number of nitrogens with one attached hydrogen (secondary N) is 1. The van der Waals surface area contributed by atoms with Crippen LogP contribution in [0.15, 0.2) is 81.6 Å². The second-order valence-electron chi connectivity index (χ2n) is 5.60. The number of hydrogen-bond acceptors (Lipinski definition) is 6. The fourth-order valence-corrected chi connectivity index (χ4v) is 3.76. The van der Waals surface area contributed by atoms with Gasteiger partial charge in [-0.15, -0.1) is 6.58 Å². The van der Waals surface area contributed by atoms with E-state index in [0.717, 1.165) is 5.75 Å². The van der Waals surface area contributed by atoms with Crippen LogP contribution >= 0.6 is 0 Å². The molecule has 0 aliphatic rings. The van der Waals surface area contributed by atoms with Gasteiger partial charge in [0.25, 0.3) is 0 Å². The summed E-state index contributed by atoms with van der Waals surface area (Å²) in [6.45, 7) is 6.44. The van der Waals surface area contributed by atoms with Gasteiger partial charge in [0.2, 0.25) is 26.6 Å². The summed E-state index contributed by atoms with van der Waals surface area (Å²) in [5, 5.41) is 2.76. The lowest BCUT2D eigenvalue weighted by atomic mass is 10.2. The minimum atomic E-state index is -3.83. The van der Waals surface area contributed by atoms with Gasteiger partial charge >= 0.3 is 0 Å². The van der Waals surface area contributed by atoms with Crippen LogP contribution in [0, 0.1) is 0 Å². The van der Waals surface area contributed by atoms with Crippen LogP contribution in [0.25, 0.3) is 11.5 Å². The highest BCUT2D eigenvalue weighted by atomic mass is 32.2. The Labute approximate surface area is 158 Å². The maximum atomic E-state index is 13.0. The van der Waals surface area contributed by atoms with E-state index < -0.39 is 9.84 Å². The predicted octanol–water partition coefficient (Wildman–Crippen LogP) is 4.17. The number of sulfone groups is 1. The molecule has 0 radical (unpaired) electrons. The average Bonchev–Trinajstić information content (AvgIpc) is 3.13. The number of hydrogen-bond donors (Lipinski definition) is 1. The third-order valence-corrected chi connectivity index (χ3v) is 5.40. The van der Waals surface area contributed by atoms with Crippen molar-refractivity contribution < 1.29 is 17.6 Å². The van der Waals surface area contributed by atoms with Crippen LogP contribution in [0.5, 0.6) is 5.75 Å². The highest BCUT2D eigenvalue weighted by molar-refractivity contribution is 7.91. The van der Waals surface area contributed by atoms with Gasteiger partial charge in [0.1, 0.15) is 5.75 Å². The molecule has 3 rings (SSSR count). The largest absolute Gasteiger partial charge is 0.494 e. The zero-order chi connectivity index (χ0) is 19.3. The van der Waals surface area contributed by atoms with E-state index in [0.29, 0.717) is 18.7 Å². The third-order valence-electron chi connectivity index (χ3n) is 3.72. The lowest BCUT2D eigenvalue weighted by Gasteiger charge is -2.03. The first-order valence-corrected chi connectivity index (χ1v) is 9.93. The number of oxazole rings is 1. The molecule has 0 amide bonds. The van der Waals surface area contributed by atoms with Gasteiger partial charge < -0.3 is 14.5 Å². The van der Waals surface area contributed by atoms with Crippen molar-refractivity contribution in [2.45, 2.75) is 16.8 Å². The van der Waals surface area contributed by atoms with Crippen molar-refractivity contribution in [2.75, 3.05) is 18.5 Å². The van der Waals surface area contributed by atoms with Crippen molar-refractivity contribution in [1.29, 1.82) is 0 Å². The average molecular weight is 384 g/mol. The summed E-state index contributed by atoms with van der Waals surface area (Å²) in [6, 6.07) is 15.2. The number of rotatable bonds is 8. The number of nitrogens with zero attached hydrogens (tertiary/aromatic N) is 1. The fraction of sp³-hybridized carbons (Fsp3) is 0.150. The molecule has 1 N–H and O–H groups in total. The van der Waals surface area contributed by atoms with Crippen LogP contribution in [0.2, 0.25) is 0 Å². The molecule has 0 spiro atoms. The van der Waals surface area contributed by atoms with Crippen molar-refractivity contribution in [2.24, 2.45) is 0 Å². The Kier molecular flexibility index (Phi) is 5.61. The molecule has 27 heavy (non-hydrogen) atoms. The SMILES string of the molecule is C=CCNc1oc(-c2ccc(OCC)cc2)nc1S(=O)(=O)c1ccccc1. The zero-order valence-corrected chi connectivity index (χ0v) is 15.7. The van der Waals surface area contributed by atoms with E-state index >= 15 is 0 Å².